The molecule has 1 aliphatic rings. The molecule has 16 heavy (non-hydrogen) atoms. The zero-order chi connectivity index (χ0) is 11.9. The van der Waals surface area contributed by atoms with Crippen molar-refractivity contribution in [2.75, 3.05) is 0 Å². The molecular weight excluding hydrogens is 228 g/mol. The summed E-state index contributed by atoms with van der Waals surface area (Å²) < 4.78 is 0. The zero-order valence-corrected chi connectivity index (χ0v) is 9.65. The van der Waals surface area contributed by atoms with Crippen molar-refractivity contribution in [3.05, 3.63) is 16.1 Å². The van der Waals surface area contributed by atoms with E-state index in [2.05, 4.69) is 4.98 Å². The van der Waals surface area contributed by atoms with Crippen LogP contribution < -0.4 is 5.73 Å². The first-order chi connectivity index (χ1) is 7.50. The molecule has 4 atom stereocenters. The molecule has 0 aromatic carbocycles. The van der Waals surface area contributed by atoms with E-state index in [0.717, 1.165) is 0 Å². The van der Waals surface area contributed by atoms with E-state index in [0.29, 0.717) is 11.4 Å². The van der Waals surface area contributed by atoms with Crippen LogP contribution in [0.3, 0.4) is 0 Å². The van der Waals surface area contributed by atoms with Gasteiger partial charge >= 0.3 is 0 Å². The second-order valence-corrected chi connectivity index (χ2v) is 5.13. The molecular formula is C10H14N2O3S. The zero-order valence-electron chi connectivity index (χ0n) is 8.83. The number of hydrogen-bond acceptors (Lipinski definition) is 5. The van der Waals surface area contributed by atoms with Gasteiger partial charge in [-0.05, 0) is 12.3 Å². The van der Waals surface area contributed by atoms with Crippen LogP contribution in [0.15, 0.2) is 5.38 Å². The molecule has 88 valence electrons. The van der Waals surface area contributed by atoms with Crippen molar-refractivity contribution in [3.63, 3.8) is 0 Å². The van der Waals surface area contributed by atoms with Gasteiger partial charge in [0.05, 0.1) is 17.2 Å². The first-order valence-corrected chi connectivity index (χ1v) is 6.00. The maximum absolute atomic E-state index is 10.9. The van der Waals surface area contributed by atoms with E-state index in [1.807, 2.05) is 6.92 Å². The highest BCUT2D eigenvalue weighted by Crippen LogP contribution is 2.39. The Bertz CT molecular complexity index is 407. The highest BCUT2D eigenvalue weighted by Gasteiger charge is 2.41. The molecule has 0 spiro atoms. The number of nitrogens with zero attached hydrogens (tertiary/aromatic N) is 1. The Morgan fingerprint density at radius 1 is 1.56 bits per heavy atom. The summed E-state index contributed by atoms with van der Waals surface area (Å²) in [5, 5.41) is 21.7. The Labute approximate surface area is 96.9 Å². The molecule has 0 aliphatic heterocycles. The minimum absolute atomic E-state index is 0.0425. The number of thiazole rings is 1. The lowest BCUT2D eigenvalue weighted by molar-refractivity contribution is 0.0180. The lowest BCUT2D eigenvalue weighted by atomic mass is 10.1. The van der Waals surface area contributed by atoms with E-state index in [9.17, 15) is 15.0 Å². The molecule has 0 bridgehead atoms. The summed E-state index contributed by atoms with van der Waals surface area (Å²) in [6.07, 6.45) is -0.846. The van der Waals surface area contributed by atoms with Gasteiger partial charge in [0.25, 0.3) is 5.91 Å². The van der Waals surface area contributed by atoms with E-state index >= 15 is 0 Å². The number of rotatable bonds is 2. The SMILES string of the molecule is CC1CC(c2nc(C(N)=O)cs2)C(O)C1O. The van der Waals surface area contributed by atoms with Gasteiger partial charge in [-0.3, -0.25) is 4.79 Å². The number of aromatic nitrogens is 1. The number of carbonyl (C=O) groups is 1. The number of aliphatic hydroxyl groups excluding tert-OH is 2. The van der Waals surface area contributed by atoms with Crippen molar-refractivity contribution in [2.24, 2.45) is 11.7 Å². The third-order valence-electron chi connectivity index (χ3n) is 3.06. The van der Waals surface area contributed by atoms with Gasteiger partial charge in [-0.25, -0.2) is 4.98 Å². The van der Waals surface area contributed by atoms with Crippen molar-refractivity contribution < 1.29 is 15.0 Å². The molecule has 5 nitrogen and oxygen atoms in total. The number of aliphatic hydroxyl groups is 2. The molecule has 1 amide bonds. The number of hydrogen-bond donors (Lipinski definition) is 3. The van der Waals surface area contributed by atoms with Crippen LogP contribution in [0.1, 0.15) is 34.8 Å². The van der Waals surface area contributed by atoms with Crippen LogP contribution in [0.4, 0.5) is 0 Å². The first kappa shape index (κ1) is 11.5. The summed E-state index contributed by atoms with van der Waals surface area (Å²) in [6, 6.07) is 0. The smallest absolute Gasteiger partial charge is 0.268 e. The molecule has 1 aliphatic carbocycles. The van der Waals surface area contributed by atoms with Gasteiger partial charge in [-0.1, -0.05) is 6.92 Å². The van der Waals surface area contributed by atoms with Gasteiger partial charge < -0.3 is 15.9 Å². The van der Waals surface area contributed by atoms with Crippen LogP contribution in [-0.4, -0.2) is 33.3 Å². The van der Waals surface area contributed by atoms with Crippen molar-refractivity contribution in [2.45, 2.75) is 31.5 Å². The summed E-state index contributed by atoms with van der Waals surface area (Å²) in [7, 11) is 0. The molecule has 1 aromatic rings. The highest BCUT2D eigenvalue weighted by molar-refractivity contribution is 7.09. The summed E-state index contributed by atoms with van der Waals surface area (Å²) in [6.45, 7) is 1.89. The molecule has 4 N–H and O–H groups in total. The van der Waals surface area contributed by atoms with E-state index < -0.39 is 18.1 Å². The van der Waals surface area contributed by atoms with Gasteiger partial charge in [0.2, 0.25) is 0 Å². The highest BCUT2D eigenvalue weighted by atomic mass is 32.1. The van der Waals surface area contributed by atoms with Crippen molar-refractivity contribution in [3.8, 4) is 0 Å². The average Bonchev–Trinajstić information content (AvgIpc) is 2.79. The number of primary amides is 1. The van der Waals surface area contributed by atoms with Crippen LogP contribution in [0, 0.1) is 5.92 Å². The van der Waals surface area contributed by atoms with Crippen molar-refractivity contribution in [1.29, 1.82) is 0 Å². The van der Waals surface area contributed by atoms with Gasteiger partial charge in [-0.15, -0.1) is 11.3 Å². The molecule has 2 rings (SSSR count). The lowest BCUT2D eigenvalue weighted by Crippen LogP contribution is -2.26. The molecule has 1 aromatic heterocycles. The van der Waals surface area contributed by atoms with E-state index in [-0.39, 0.29) is 17.5 Å². The molecule has 0 radical (unpaired) electrons. The molecule has 0 saturated heterocycles. The average molecular weight is 242 g/mol. The maximum atomic E-state index is 10.9. The Balaban J connectivity index is 2.21. The Morgan fingerprint density at radius 3 is 2.69 bits per heavy atom. The topological polar surface area (TPSA) is 96.4 Å². The molecule has 4 unspecified atom stereocenters. The van der Waals surface area contributed by atoms with Gasteiger partial charge in [0.1, 0.15) is 5.69 Å². The normalized spacial score (nSPS) is 34.2. The summed E-state index contributed by atoms with van der Waals surface area (Å²) in [5.74, 6) is -0.715. The van der Waals surface area contributed by atoms with Crippen molar-refractivity contribution in [1.82, 2.24) is 4.98 Å². The fourth-order valence-corrected chi connectivity index (χ4v) is 3.03. The molecule has 1 heterocycles. The second-order valence-electron chi connectivity index (χ2n) is 4.24. The molecule has 1 saturated carbocycles. The summed E-state index contributed by atoms with van der Waals surface area (Å²) >= 11 is 1.30. The van der Waals surface area contributed by atoms with Gasteiger partial charge in [0, 0.05) is 11.3 Å². The maximum Gasteiger partial charge on any atom is 0.268 e. The largest absolute Gasteiger partial charge is 0.390 e. The quantitative estimate of drug-likeness (QED) is 0.684. The third-order valence-corrected chi connectivity index (χ3v) is 4.04. The fourth-order valence-electron chi connectivity index (χ4n) is 2.07. The second kappa shape index (κ2) is 4.12. The number of amides is 1. The van der Waals surface area contributed by atoms with Crippen LogP contribution >= 0.6 is 11.3 Å². The van der Waals surface area contributed by atoms with Gasteiger partial charge in [-0.2, -0.15) is 0 Å². The van der Waals surface area contributed by atoms with Crippen LogP contribution in [0.2, 0.25) is 0 Å². The van der Waals surface area contributed by atoms with Crippen molar-refractivity contribution >= 4 is 17.2 Å². The first-order valence-electron chi connectivity index (χ1n) is 5.12. The van der Waals surface area contributed by atoms with Gasteiger partial charge in [0.15, 0.2) is 0 Å². The van der Waals surface area contributed by atoms with E-state index in [1.165, 1.54) is 11.3 Å². The Morgan fingerprint density at radius 2 is 2.25 bits per heavy atom. The fraction of sp³-hybridized carbons (Fsp3) is 0.600. The Kier molecular flexibility index (Phi) is 2.96. The van der Waals surface area contributed by atoms with E-state index in [4.69, 9.17) is 5.73 Å². The minimum atomic E-state index is -0.804. The predicted molar refractivity (Wildman–Crippen MR) is 59.2 cm³/mol. The minimum Gasteiger partial charge on any atom is -0.390 e. The van der Waals surface area contributed by atoms with Crippen LogP contribution in [-0.2, 0) is 0 Å². The Hall–Kier alpha value is -0.980. The van der Waals surface area contributed by atoms with Crippen LogP contribution in [0.5, 0.6) is 0 Å². The van der Waals surface area contributed by atoms with Crippen LogP contribution in [0.25, 0.3) is 0 Å². The monoisotopic (exact) mass is 242 g/mol. The standard InChI is InChI=1S/C10H14N2O3S/c1-4-2-5(8(14)7(4)13)10-12-6(3-16-10)9(11)15/h3-5,7-8,13-14H,2H2,1H3,(H2,11,15). The number of nitrogens with two attached hydrogens (primary N) is 1. The summed E-state index contributed by atoms with van der Waals surface area (Å²) in [5.41, 5.74) is 5.33. The summed E-state index contributed by atoms with van der Waals surface area (Å²) in [4.78, 5) is 15.0. The van der Waals surface area contributed by atoms with E-state index in [1.54, 1.807) is 5.38 Å². The predicted octanol–water partition coefficient (Wildman–Crippen LogP) is 0.0872. The number of carbonyl (C=O) groups excluding carboxylic acids is 1. The molecule has 1 fully saturated rings. The lowest BCUT2D eigenvalue weighted by Gasteiger charge is -2.14. The molecule has 6 heteroatoms. The third kappa shape index (κ3) is 1.83.